The molecule has 0 saturated heterocycles. The Morgan fingerprint density at radius 1 is 1.12 bits per heavy atom. The van der Waals surface area contributed by atoms with Crippen molar-refractivity contribution in [1.82, 2.24) is 4.57 Å². The summed E-state index contributed by atoms with van der Waals surface area (Å²) in [6.45, 7) is 0. The fraction of sp³-hybridized carbons (Fsp3) is 0. The number of fused-ring (bicyclic) bond motifs is 1. The van der Waals surface area contributed by atoms with Gasteiger partial charge in [0.25, 0.3) is 0 Å². The number of hydrogen-bond acceptors (Lipinski definition) is 4. The van der Waals surface area contributed by atoms with Gasteiger partial charge in [0.2, 0.25) is 5.88 Å². The summed E-state index contributed by atoms with van der Waals surface area (Å²) in [6.07, 6.45) is 3.72. The van der Waals surface area contributed by atoms with E-state index >= 15 is 0 Å². The number of rotatable bonds is 2. The quantitative estimate of drug-likeness (QED) is 0.571. The Labute approximate surface area is 152 Å². The SMILES string of the molecule is Oc1c(/C=C2/C=Nc3ccccc32)sc(=S)n1-c1ccc(Cl)cc1. The van der Waals surface area contributed by atoms with Crippen molar-refractivity contribution in [2.45, 2.75) is 0 Å². The number of hydrogen-bond donors (Lipinski definition) is 1. The first-order valence-electron chi connectivity index (χ1n) is 7.19. The van der Waals surface area contributed by atoms with E-state index in [1.165, 1.54) is 11.3 Å². The Hall–Kier alpha value is -2.21. The molecule has 1 aliphatic rings. The number of thiazole rings is 1. The standard InChI is InChI=1S/C18H11ClN2OS2/c19-12-5-7-13(8-6-12)21-17(22)16(24-18(21)23)9-11-10-20-15-4-2-1-3-14(11)15/h1-10,22H/b11-9-. The molecule has 0 radical (unpaired) electrons. The predicted octanol–water partition coefficient (Wildman–Crippen LogP) is 5.88. The van der Waals surface area contributed by atoms with Crippen LogP contribution in [0.5, 0.6) is 5.88 Å². The van der Waals surface area contributed by atoms with Gasteiger partial charge in [-0.2, -0.15) is 0 Å². The van der Waals surface area contributed by atoms with Gasteiger partial charge in [-0.15, -0.1) is 11.3 Å². The van der Waals surface area contributed by atoms with Crippen molar-refractivity contribution in [3.05, 3.63) is 67.9 Å². The monoisotopic (exact) mass is 370 g/mol. The van der Waals surface area contributed by atoms with Crippen molar-refractivity contribution < 1.29 is 5.11 Å². The second-order valence-corrected chi connectivity index (χ2v) is 7.35. The van der Waals surface area contributed by atoms with Gasteiger partial charge in [-0.1, -0.05) is 29.8 Å². The van der Waals surface area contributed by atoms with Crippen LogP contribution < -0.4 is 0 Å². The number of benzene rings is 2. The molecule has 2 heterocycles. The number of aromatic hydroxyl groups is 1. The maximum Gasteiger partial charge on any atom is 0.215 e. The summed E-state index contributed by atoms with van der Waals surface area (Å²) in [5, 5.41) is 11.3. The molecule has 0 aliphatic carbocycles. The molecule has 0 bridgehead atoms. The van der Waals surface area contributed by atoms with E-state index in [-0.39, 0.29) is 5.88 Å². The first kappa shape index (κ1) is 15.3. The van der Waals surface area contributed by atoms with Gasteiger partial charge >= 0.3 is 0 Å². The molecule has 118 valence electrons. The minimum Gasteiger partial charge on any atom is -0.493 e. The zero-order chi connectivity index (χ0) is 16.7. The molecule has 1 aliphatic heterocycles. The van der Waals surface area contributed by atoms with Gasteiger partial charge in [0, 0.05) is 22.4 Å². The van der Waals surface area contributed by atoms with E-state index in [4.69, 9.17) is 23.8 Å². The van der Waals surface area contributed by atoms with Crippen molar-refractivity contribution in [2.24, 2.45) is 4.99 Å². The van der Waals surface area contributed by atoms with Crippen LogP contribution in [0, 0.1) is 3.95 Å². The summed E-state index contributed by atoms with van der Waals surface area (Å²) in [6, 6.07) is 15.1. The van der Waals surface area contributed by atoms with Crippen LogP contribution in [0.1, 0.15) is 10.4 Å². The summed E-state index contributed by atoms with van der Waals surface area (Å²) in [5.74, 6) is 0.123. The fourth-order valence-corrected chi connectivity index (χ4v) is 4.02. The number of nitrogens with zero attached hydrogens (tertiary/aromatic N) is 2. The number of allylic oxidation sites excluding steroid dienone is 1. The van der Waals surface area contributed by atoms with Gasteiger partial charge < -0.3 is 5.11 Å². The second kappa shape index (κ2) is 6.02. The lowest BCUT2D eigenvalue weighted by Gasteiger charge is -2.04. The minimum absolute atomic E-state index is 0.123. The molecule has 3 aromatic rings. The molecular weight excluding hydrogens is 360 g/mol. The van der Waals surface area contributed by atoms with Gasteiger partial charge in [-0.05, 0) is 48.6 Å². The van der Waals surface area contributed by atoms with Crippen molar-refractivity contribution in [3.8, 4) is 11.6 Å². The third kappa shape index (κ3) is 2.60. The van der Waals surface area contributed by atoms with E-state index in [9.17, 15) is 5.11 Å². The highest BCUT2D eigenvalue weighted by molar-refractivity contribution is 7.73. The molecule has 0 saturated carbocycles. The van der Waals surface area contributed by atoms with E-state index in [2.05, 4.69) is 4.99 Å². The second-order valence-electron chi connectivity index (χ2n) is 5.24. The number of aliphatic imine (C=N–C) groups is 1. The van der Waals surface area contributed by atoms with E-state index < -0.39 is 0 Å². The highest BCUT2D eigenvalue weighted by atomic mass is 35.5. The molecule has 0 spiro atoms. The molecule has 6 heteroatoms. The first-order valence-corrected chi connectivity index (χ1v) is 8.80. The largest absolute Gasteiger partial charge is 0.493 e. The summed E-state index contributed by atoms with van der Waals surface area (Å²) < 4.78 is 2.21. The van der Waals surface area contributed by atoms with Crippen LogP contribution in [0.15, 0.2) is 53.5 Å². The smallest absolute Gasteiger partial charge is 0.215 e. The summed E-state index contributed by atoms with van der Waals surface area (Å²) >= 11 is 12.7. The van der Waals surface area contributed by atoms with Crippen molar-refractivity contribution in [1.29, 1.82) is 0 Å². The zero-order valence-electron chi connectivity index (χ0n) is 12.3. The number of aromatic nitrogens is 1. The van der Waals surface area contributed by atoms with Gasteiger partial charge in [0.1, 0.15) is 0 Å². The molecule has 4 rings (SSSR count). The molecule has 0 amide bonds. The van der Waals surface area contributed by atoms with Crippen LogP contribution in [0.4, 0.5) is 5.69 Å². The van der Waals surface area contributed by atoms with Crippen LogP contribution in [0.25, 0.3) is 17.3 Å². The predicted molar refractivity (Wildman–Crippen MR) is 104 cm³/mol. The minimum atomic E-state index is 0.123. The molecule has 0 atom stereocenters. The molecule has 0 unspecified atom stereocenters. The zero-order valence-corrected chi connectivity index (χ0v) is 14.7. The van der Waals surface area contributed by atoms with Crippen molar-refractivity contribution >= 4 is 58.7 Å². The van der Waals surface area contributed by atoms with Crippen molar-refractivity contribution in [3.63, 3.8) is 0 Å². The molecule has 0 fully saturated rings. The molecule has 3 nitrogen and oxygen atoms in total. The van der Waals surface area contributed by atoms with Crippen molar-refractivity contribution in [2.75, 3.05) is 0 Å². The topological polar surface area (TPSA) is 37.5 Å². The third-order valence-corrected chi connectivity index (χ3v) is 5.30. The van der Waals surface area contributed by atoms with Gasteiger partial charge in [-0.25, -0.2) is 0 Å². The maximum absolute atomic E-state index is 10.6. The normalized spacial score (nSPS) is 14.3. The van der Waals surface area contributed by atoms with Gasteiger partial charge in [0.05, 0.1) is 16.3 Å². The summed E-state index contributed by atoms with van der Waals surface area (Å²) in [7, 11) is 0. The Bertz CT molecular complexity index is 1050. The summed E-state index contributed by atoms with van der Waals surface area (Å²) in [4.78, 5) is 5.09. The third-order valence-electron chi connectivity index (χ3n) is 3.74. The Balaban J connectivity index is 1.81. The van der Waals surface area contributed by atoms with E-state index in [1.807, 2.05) is 42.5 Å². The highest BCUT2D eigenvalue weighted by Gasteiger charge is 2.16. The van der Waals surface area contributed by atoms with E-state index in [0.717, 1.165) is 22.5 Å². The fourth-order valence-electron chi connectivity index (χ4n) is 2.59. The lowest BCUT2D eigenvalue weighted by molar-refractivity contribution is 0.441. The average Bonchev–Trinajstić information content (AvgIpc) is 3.11. The Morgan fingerprint density at radius 2 is 1.88 bits per heavy atom. The van der Waals surface area contributed by atoms with Crippen LogP contribution in [0.2, 0.25) is 5.02 Å². The molecule has 1 aromatic heterocycles. The average molecular weight is 371 g/mol. The number of halogens is 1. The van der Waals surface area contributed by atoms with Gasteiger partial charge in [-0.3, -0.25) is 9.56 Å². The van der Waals surface area contributed by atoms with Crippen LogP contribution in [-0.4, -0.2) is 15.9 Å². The lowest BCUT2D eigenvalue weighted by atomic mass is 10.1. The van der Waals surface area contributed by atoms with E-state index in [1.54, 1.807) is 22.9 Å². The highest BCUT2D eigenvalue weighted by Crippen LogP contribution is 2.36. The molecule has 1 N–H and O–H groups in total. The molecular formula is C18H11ClN2OS2. The molecule has 2 aromatic carbocycles. The molecule has 24 heavy (non-hydrogen) atoms. The Kier molecular flexibility index (Phi) is 3.84. The van der Waals surface area contributed by atoms with Crippen LogP contribution in [-0.2, 0) is 0 Å². The number of para-hydroxylation sites is 1. The Morgan fingerprint density at radius 3 is 2.67 bits per heavy atom. The van der Waals surface area contributed by atoms with Crippen LogP contribution in [0.3, 0.4) is 0 Å². The van der Waals surface area contributed by atoms with Crippen LogP contribution >= 0.6 is 35.2 Å². The van der Waals surface area contributed by atoms with Gasteiger partial charge in [0.15, 0.2) is 3.95 Å². The van der Waals surface area contributed by atoms with E-state index in [0.29, 0.717) is 13.9 Å². The maximum atomic E-state index is 10.6. The first-order chi connectivity index (χ1) is 11.6. The lowest BCUT2D eigenvalue weighted by Crippen LogP contribution is -1.92. The summed E-state index contributed by atoms with van der Waals surface area (Å²) in [5.41, 5.74) is 3.72.